The lowest BCUT2D eigenvalue weighted by atomic mass is 10.1. The summed E-state index contributed by atoms with van der Waals surface area (Å²) < 4.78 is 11.5. The molecule has 1 amide bonds. The van der Waals surface area contributed by atoms with Crippen molar-refractivity contribution in [3.8, 4) is 11.5 Å². The van der Waals surface area contributed by atoms with Gasteiger partial charge in [0, 0.05) is 5.02 Å². The fourth-order valence-electron chi connectivity index (χ4n) is 3.53. The van der Waals surface area contributed by atoms with Crippen LogP contribution < -0.4 is 9.47 Å². The maximum atomic E-state index is 13.2. The molecule has 0 spiro atoms. The van der Waals surface area contributed by atoms with E-state index in [1.54, 1.807) is 66.7 Å². The summed E-state index contributed by atoms with van der Waals surface area (Å²) in [6.45, 7) is 0.335. The van der Waals surface area contributed by atoms with Crippen LogP contribution in [-0.2, 0) is 16.2 Å². The topological polar surface area (TPSA) is 76.1 Å². The van der Waals surface area contributed by atoms with Crippen LogP contribution in [0.4, 0.5) is 0 Å². The molecule has 1 N–H and O–H groups in total. The van der Waals surface area contributed by atoms with Crippen LogP contribution in [0.3, 0.4) is 0 Å². The molecular weight excluding hydrogens is 506 g/mol. The highest BCUT2D eigenvalue weighted by atomic mass is 35.5. The molecule has 0 bridgehead atoms. The van der Waals surface area contributed by atoms with Crippen LogP contribution in [0.5, 0.6) is 11.5 Å². The molecular formula is C26H20ClNO5S2. The highest BCUT2D eigenvalue weighted by Gasteiger charge is 2.41. The van der Waals surface area contributed by atoms with Crippen LogP contribution in [0, 0.1) is 0 Å². The quantitative estimate of drug-likeness (QED) is 0.287. The Balaban J connectivity index is 1.55. The van der Waals surface area contributed by atoms with E-state index < -0.39 is 17.9 Å². The van der Waals surface area contributed by atoms with E-state index >= 15 is 0 Å². The van der Waals surface area contributed by atoms with E-state index in [4.69, 9.17) is 33.3 Å². The summed E-state index contributed by atoms with van der Waals surface area (Å²) in [7, 11) is 1.53. The standard InChI is InChI=1S/C26H20ClNO5S2/c1-32-21-13-17(9-12-20(21)33-15-16-7-10-19(27)11-8-16)14-22-24(29)28(26(34)35-22)23(25(30)31)18-5-3-2-4-6-18/h2-14,23H,15H2,1H3,(H,30,31)/b22-14+/t23-/m1/s1. The molecule has 178 valence electrons. The van der Waals surface area contributed by atoms with Gasteiger partial charge in [-0.2, -0.15) is 0 Å². The first-order chi connectivity index (χ1) is 16.9. The minimum atomic E-state index is -1.20. The van der Waals surface area contributed by atoms with Crippen molar-refractivity contribution in [3.05, 3.63) is 99.4 Å². The minimum absolute atomic E-state index is 0.187. The second kappa shape index (κ2) is 10.9. The molecule has 3 aromatic carbocycles. The summed E-state index contributed by atoms with van der Waals surface area (Å²) in [5, 5.41) is 10.5. The minimum Gasteiger partial charge on any atom is -0.493 e. The average Bonchev–Trinajstić information content (AvgIpc) is 3.12. The van der Waals surface area contributed by atoms with Crippen molar-refractivity contribution in [2.75, 3.05) is 7.11 Å². The molecule has 35 heavy (non-hydrogen) atoms. The van der Waals surface area contributed by atoms with Gasteiger partial charge in [0.1, 0.15) is 10.9 Å². The number of amides is 1. The maximum Gasteiger partial charge on any atom is 0.331 e. The number of aliphatic carboxylic acids is 1. The number of carbonyl (C=O) groups is 2. The number of benzene rings is 3. The Kier molecular flexibility index (Phi) is 7.75. The van der Waals surface area contributed by atoms with Gasteiger partial charge in [0.25, 0.3) is 5.91 Å². The lowest BCUT2D eigenvalue weighted by Crippen LogP contribution is -2.37. The highest BCUT2D eigenvalue weighted by Crippen LogP contribution is 2.39. The van der Waals surface area contributed by atoms with Gasteiger partial charge in [-0.25, -0.2) is 4.79 Å². The number of methoxy groups -OCH3 is 1. The summed E-state index contributed by atoms with van der Waals surface area (Å²) in [4.78, 5) is 26.7. The summed E-state index contributed by atoms with van der Waals surface area (Å²) in [6.07, 6.45) is 1.66. The van der Waals surface area contributed by atoms with E-state index in [9.17, 15) is 14.7 Å². The first kappa shape index (κ1) is 24.8. The van der Waals surface area contributed by atoms with Gasteiger partial charge >= 0.3 is 5.97 Å². The van der Waals surface area contributed by atoms with Crippen molar-refractivity contribution < 1.29 is 24.2 Å². The molecule has 1 aliphatic heterocycles. The molecule has 0 unspecified atom stereocenters. The molecule has 1 heterocycles. The Labute approximate surface area is 217 Å². The molecule has 1 fully saturated rings. The third-order valence-corrected chi connectivity index (χ3v) is 6.81. The Hall–Kier alpha value is -3.33. The predicted molar refractivity (Wildman–Crippen MR) is 141 cm³/mol. The van der Waals surface area contributed by atoms with E-state index in [2.05, 4.69) is 0 Å². The number of rotatable bonds is 8. The molecule has 1 saturated heterocycles. The lowest BCUT2D eigenvalue weighted by molar-refractivity contribution is -0.145. The van der Waals surface area contributed by atoms with Crippen molar-refractivity contribution in [1.82, 2.24) is 4.90 Å². The van der Waals surface area contributed by atoms with Gasteiger partial charge in [0.15, 0.2) is 17.5 Å². The average molecular weight is 526 g/mol. The second-order valence-electron chi connectivity index (χ2n) is 7.53. The Morgan fingerprint density at radius 1 is 1.11 bits per heavy atom. The van der Waals surface area contributed by atoms with Gasteiger partial charge in [0.05, 0.1) is 12.0 Å². The SMILES string of the molecule is COc1cc(/C=C2/SC(=S)N([C@@H](C(=O)O)c3ccccc3)C2=O)ccc1OCc1ccc(Cl)cc1. The Morgan fingerprint density at radius 3 is 2.49 bits per heavy atom. The maximum absolute atomic E-state index is 13.2. The third kappa shape index (κ3) is 5.67. The van der Waals surface area contributed by atoms with E-state index in [1.807, 2.05) is 12.1 Å². The van der Waals surface area contributed by atoms with Crippen molar-refractivity contribution in [2.24, 2.45) is 0 Å². The number of hydrogen-bond acceptors (Lipinski definition) is 6. The zero-order valence-electron chi connectivity index (χ0n) is 18.5. The van der Waals surface area contributed by atoms with Gasteiger partial charge < -0.3 is 14.6 Å². The summed E-state index contributed by atoms with van der Waals surface area (Å²) in [5.74, 6) is -0.575. The lowest BCUT2D eigenvalue weighted by Gasteiger charge is -2.23. The van der Waals surface area contributed by atoms with E-state index in [0.717, 1.165) is 22.2 Å². The number of carboxylic acids is 1. The molecule has 3 aromatic rings. The highest BCUT2D eigenvalue weighted by molar-refractivity contribution is 8.26. The van der Waals surface area contributed by atoms with E-state index in [1.165, 1.54) is 7.11 Å². The Bertz CT molecular complexity index is 1290. The third-order valence-electron chi connectivity index (χ3n) is 5.22. The van der Waals surface area contributed by atoms with Crippen molar-refractivity contribution in [3.63, 3.8) is 0 Å². The van der Waals surface area contributed by atoms with E-state index in [-0.39, 0.29) is 4.32 Å². The summed E-state index contributed by atoms with van der Waals surface area (Å²) in [5.41, 5.74) is 2.12. The molecule has 0 aromatic heterocycles. The largest absolute Gasteiger partial charge is 0.493 e. The first-order valence-electron chi connectivity index (χ1n) is 10.5. The number of ether oxygens (including phenoxy) is 2. The fraction of sp³-hybridized carbons (Fsp3) is 0.115. The van der Waals surface area contributed by atoms with Crippen molar-refractivity contribution >= 4 is 57.9 Å². The van der Waals surface area contributed by atoms with Crippen LogP contribution >= 0.6 is 35.6 Å². The molecule has 1 aliphatic rings. The number of carbonyl (C=O) groups excluding carboxylic acids is 1. The number of hydrogen-bond donors (Lipinski definition) is 1. The van der Waals surface area contributed by atoms with Gasteiger partial charge in [-0.15, -0.1) is 0 Å². The number of thioether (sulfide) groups is 1. The monoisotopic (exact) mass is 525 g/mol. The number of carboxylic acid groups (broad SMARTS) is 1. The van der Waals surface area contributed by atoms with Crippen LogP contribution in [0.15, 0.2) is 77.7 Å². The smallest absolute Gasteiger partial charge is 0.331 e. The zero-order chi connectivity index (χ0) is 24.9. The van der Waals surface area contributed by atoms with E-state index in [0.29, 0.717) is 39.2 Å². The normalized spacial score (nSPS) is 15.4. The van der Waals surface area contributed by atoms with Crippen molar-refractivity contribution in [2.45, 2.75) is 12.6 Å². The predicted octanol–water partition coefficient (Wildman–Crippen LogP) is 5.95. The van der Waals surface area contributed by atoms with Crippen LogP contribution in [-0.4, -0.2) is 33.3 Å². The molecule has 6 nitrogen and oxygen atoms in total. The van der Waals surface area contributed by atoms with Crippen LogP contribution in [0.1, 0.15) is 22.7 Å². The number of halogens is 1. The van der Waals surface area contributed by atoms with Gasteiger partial charge in [-0.05, 0) is 47.0 Å². The fourth-order valence-corrected chi connectivity index (χ4v) is 4.97. The molecule has 0 radical (unpaired) electrons. The van der Waals surface area contributed by atoms with Crippen LogP contribution in [0.2, 0.25) is 5.02 Å². The summed E-state index contributed by atoms with van der Waals surface area (Å²) in [6, 6.07) is 20.0. The molecule has 4 rings (SSSR count). The van der Waals surface area contributed by atoms with Gasteiger partial charge in [-0.1, -0.05) is 84.1 Å². The zero-order valence-corrected chi connectivity index (χ0v) is 20.9. The molecule has 0 aliphatic carbocycles. The number of thiocarbonyl (C=S) groups is 1. The Morgan fingerprint density at radius 2 is 1.83 bits per heavy atom. The van der Waals surface area contributed by atoms with Gasteiger partial charge in [0.2, 0.25) is 0 Å². The summed E-state index contributed by atoms with van der Waals surface area (Å²) >= 11 is 12.4. The van der Waals surface area contributed by atoms with Crippen molar-refractivity contribution in [1.29, 1.82) is 0 Å². The van der Waals surface area contributed by atoms with Crippen LogP contribution in [0.25, 0.3) is 6.08 Å². The number of nitrogens with zero attached hydrogens (tertiary/aromatic N) is 1. The van der Waals surface area contributed by atoms with Gasteiger partial charge in [-0.3, -0.25) is 9.69 Å². The molecule has 9 heteroatoms. The molecule has 1 atom stereocenters. The molecule has 0 saturated carbocycles. The first-order valence-corrected chi connectivity index (χ1v) is 12.1. The second-order valence-corrected chi connectivity index (χ2v) is 9.64.